The summed E-state index contributed by atoms with van der Waals surface area (Å²) in [5.41, 5.74) is 5.10. The molecule has 0 spiro atoms. The van der Waals surface area contributed by atoms with Crippen molar-refractivity contribution in [3.05, 3.63) is 88.5 Å². The Morgan fingerprint density at radius 1 is 1.03 bits per heavy atom. The molecule has 5 heteroatoms. The maximum atomic E-state index is 13.1. The molecule has 0 atom stereocenters. The molecule has 0 fully saturated rings. The number of aryl methyl sites for hydroxylation is 1. The number of carbonyl (C=O) groups excluding carboxylic acids is 1. The van der Waals surface area contributed by atoms with Gasteiger partial charge in [-0.2, -0.15) is 0 Å². The highest BCUT2D eigenvalue weighted by atomic mass is 79.9. The number of hydrogen-bond acceptors (Lipinski definition) is 2. The highest BCUT2D eigenvalue weighted by Crippen LogP contribution is 2.30. The maximum Gasteiger partial charge on any atom is 0.256 e. The van der Waals surface area contributed by atoms with E-state index in [0.717, 1.165) is 43.4 Å². The van der Waals surface area contributed by atoms with Gasteiger partial charge in [0.15, 0.2) is 0 Å². The molecule has 1 aromatic heterocycles. The second kappa shape index (κ2) is 8.36. The van der Waals surface area contributed by atoms with Gasteiger partial charge in [-0.05, 0) is 50.8 Å². The Hall–Kier alpha value is -3.05. The van der Waals surface area contributed by atoms with E-state index in [4.69, 9.17) is 4.74 Å². The Balaban J connectivity index is 1.51. The van der Waals surface area contributed by atoms with Gasteiger partial charge in [-0.15, -0.1) is 0 Å². The molecule has 0 bridgehead atoms. The lowest BCUT2D eigenvalue weighted by molar-refractivity contribution is 0.0787. The molecule has 4 nitrogen and oxygen atoms in total. The van der Waals surface area contributed by atoms with E-state index in [9.17, 15) is 4.79 Å². The standard InChI is InChI=1S/C25H23BrN2O2/c1-27-16-21(20-6-4-5-7-23(20)27)25(29)28(2)15-17-8-10-18(11-9-17)19-12-13-24(30-3)22(26)14-19/h4-14,16H,15H2,1-3H3. The van der Waals surface area contributed by atoms with Crippen LogP contribution in [0, 0.1) is 0 Å². The van der Waals surface area contributed by atoms with Crippen LogP contribution in [0.15, 0.2) is 77.4 Å². The Kier molecular flexibility index (Phi) is 5.64. The van der Waals surface area contributed by atoms with Crippen molar-refractivity contribution in [1.29, 1.82) is 0 Å². The predicted molar refractivity (Wildman–Crippen MR) is 125 cm³/mol. The van der Waals surface area contributed by atoms with E-state index in [1.54, 1.807) is 12.0 Å². The van der Waals surface area contributed by atoms with Gasteiger partial charge in [-0.1, -0.05) is 48.5 Å². The first-order valence-corrected chi connectivity index (χ1v) is 10.5. The zero-order valence-electron chi connectivity index (χ0n) is 17.2. The number of methoxy groups -OCH3 is 1. The number of benzene rings is 3. The fourth-order valence-corrected chi connectivity index (χ4v) is 4.25. The third-order valence-electron chi connectivity index (χ3n) is 5.33. The molecule has 3 aromatic carbocycles. The number of ether oxygens (including phenoxy) is 1. The molecule has 0 radical (unpaired) electrons. The van der Waals surface area contributed by atoms with E-state index in [1.807, 2.05) is 67.3 Å². The summed E-state index contributed by atoms with van der Waals surface area (Å²) in [5.74, 6) is 0.832. The van der Waals surface area contributed by atoms with Crippen molar-refractivity contribution >= 4 is 32.7 Å². The lowest BCUT2D eigenvalue weighted by Gasteiger charge is -2.17. The zero-order valence-corrected chi connectivity index (χ0v) is 18.8. The first-order valence-electron chi connectivity index (χ1n) is 9.70. The average Bonchev–Trinajstić information content (AvgIpc) is 3.10. The molecule has 0 aliphatic carbocycles. The zero-order chi connectivity index (χ0) is 21.3. The van der Waals surface area contributed by atoms with Gasteiger partial charge in [0.05, 0.1) is 17.1 Å². The smallest absolute Gasteiger partial charge is 0.256 e. The number of fused-ring (bicyclic) bond motifs is 1. The molecule has 0 aliphatic rings. The minimum Gasteiger partial charge on any atom is -0.496 e. The van der Waals surface area contributed by atoms with Crippen LogP contribution < -0.4 is 4.74 Å². The number of rotatable bonds is 5. The van der Waals surface area contributed by atoms with E-state index in [1.165, 1.54) is 0 Å². The summed E-state index contributed by atoms with van der Waals surface area (Å²) >= 11 is 3.54. The molecule has 4 aromatic rings. The molecule has 4 rings (SSSR count). The van der Waals surface area contributed by atoms with Gasteiger partial charge < -0.3 is 14.2 Å². The first-order chi connectivity index (χ1) is 14.5. The number of carbonyl (C=O) groups is 1. The molecule has 1 amide bonds. The van der Waals surface area contributed by atoms with E-state index >= 15 is 0 Å². The summed E-state index contributed by atoms with van der Waals surface area (Å²) < 4.78 is 8.22. The van der Waals surface area contributed by atoms with Crippen LogP contribution >= 0.6 is 15.9 Å². The molecule has 0 saturated carbocycles. The molecule has 30 heavy (non-hydrogen) atoms. The second-order valence-corrected chi connectivity index (χ2v) is 8.23. The molecule has 1 heterocycles. The number of amides is 1. The predicted octanol–water partition coefficient (Wildman–Crippen LogP) is 5.89. The summed E-state index contributed by atoms with van der Waals surface area (Å²) in [4.78, 5) is 14.8. The van der Waals surface area contributed by atoms with Crippen molar-refractivity contribution in [2.75, 3.05) is 14.2 Å². The van der Waals surface area contributed by atoms with Crippen molar-refractivity contribution in [3.8, 4) is 16.9 Å². The van der Waals surface area contributed by atoms with Crippen LogP contribution in [0.2, 0.25) is 0 Å². The third kappa shape index (κ3) is 3.85. The largest absolute Gasteiger partial charge is 0.496 e. The van der Waals surface area contributed by atoms with Gasteiger partial charge >= 0.3 is 0 Å². The summed E-state index contributed by atoms with van der Waals surface area (Å²) in [5, 5.41) is 0.984. The molecule has 152 valence electrons. The second-order valence-electron chi connectivity index (χ2n) is 7.38. The molecular formula is C25H23BrN2O2. The van der Waals surface area contributed by atoms with Gasteiger partial charge in [0.25, 0.3) is 5.91 Å². The van der Waals surface area contributed by atoms with Crippen LogP contribution in [0.25, 0.3) is 22.0 Å². The van der Waals surface area contributed by atoms with Gasteiger partial charge in [-0.3, -0.25) is 4.79 Å². The number of halogens is 1. The van der Waals surface area contributed by atoms with Crippen LogP contribution in [-0.4, -0.2) is 29.5 Å². The van der Waals surface area contributed by atoms with Crippen LogP contribution in [-0.2, 0) is 13.6 Å². The normalized spacial score (nSPS) is 10.9. The van der Waals surface area contributed by atoms with E-state index in [-0.39, 0.29) is 5.91 Å². The summed E-state index contributed by atoms with van der Waals surface area (Å²) in [6.07, 6.45) is 1.91. The van der Waals surface area contributed by atoms with Crippen LogP contribution in [0.3, 0.4) is 0 Å². The minimum absolute atomic E-state index is 0.0231. The Bertz CT molecular complexity index is 1210. The Labute approximate surface area is 184 Å². The number of aromatic nitrogens is 1. The van der Waals surface area contributed by atoms with E-state index in [2.05, 4.69) is 40.2 Å². The Morgan fingerprint density at radius 3 is 2.43 bits per heavy atom. The first kappa shape index (κ1) is 20.2. The van der Waals surface area contributed by atoms with E-state index in [0.29, 0.717) is 6.54 Å². The highest BCUT2D eigenvalue weighted by Gasteiger charge is 2.17. The van der Waals surface area contributed by atoms with Crippen molar-refractivity contribution in [2.24, 2.45) is 7.05 Å². The highest BCUT2D eigenvalue weighted by molar-refractivity contribution is 9.10. The third-order valence-corrected chi connectivity index (χ3v) is 5.95. The van der Waals surface area contributed by atoms with Crippen molar-refractivity contribution in [2.45, 2.75) is 6.54 Å². The van der Waals surface area contributed by atoms with Crippen LogP contribution in [0.5, 0.6) is 5.75 Å². The van der Waals surface area contributed by atoms with Crippen molar-refractivity contribution < 1.29 is 9.53 Å². The van der Waals surface area contributed by atoms with E-state index < -0.39 is 0 Å². The van der Waals surface area contributed by atoms with Gasteiger partial charge in [0, 0.05) is 37.7 Å². The lowest BCUT2D eigenvalue weighted by atomic mass is 10.0. The monoisotopic (exact) mass is 462 g/mol. The number of hydrogen-bond donors (Lipinski definition) is 0. The quantitative estimate of drug-likeness (QED) is 0.370. The topological polar surface area (TPSA) is 34.5 Å². The fourth-order valence-electron chi connectivity index (χ4n) is 3.71. The van der Waals surface area contributed by atoms with Gasteiger partial charge in [0.1, 0.15) is 5.75 Å². The number of nitrogens with zero attached hydrogens (tertiary/aromatic N) is 2. The van der Waals surface area contributed by atoms with Crippen molar-refractivity contribution in [1.82, 2.24) is 9.47 Å². The molecule has 0 saturated heterocycles. The minimum atomic E-state index is 0.0231. The summed E-state index contributed by atoms with van der Waals surface area (Å²) in [7, 11) is 5.47. The van der Waals surface area contributed by atoms with Crippen molar-refractivity contribution in [3.63, 3.8) is 0 Å². The summed E-state index contributed by atoms with van der Waals surface area (Å²) in [6.45, 7) is 0.550. The van der Waals surface area contributed by atoms with Crippen LogP contribution in [0.1, 0.15) is 15.9 Å². The summed E-state index contributed by atoms with van der Waals surface area (Å²) in [6, 6.07) is 22.3. The van der Waals surface area contributed by atoms with Crippen LogP contribution in [0.4, 0.5) is 0 Å². The Morgan fingerprint density at radius 2 is 1.73 bits per heavy atom. The maximum absolute atomic E-state index is 13.1. The molecule has 0 N–H and O–H groups in total. The lowest BCUT2D eigenvalue weighted by Crippen LogP contribution is -2.26. The van der Waals surface area contributed by atoms with Gasteiger partial charge in [0.2, 0.25) is 0 Å². The molecule has 0 unspecified atom stereocenters. The average molecular weight is 463 g/mol. The molecule has 0 aliphatic heterocycles. The fraction of sp³-hybridized carbons (Fsp3) is 0.160. The van der Waals surface area contributed by atoms with Gasteiger partial charge in [-0.25, -0.2) is 0 Å². The number of para-hydroxylation sites is 1. The SMILES string of the molecule is COc1ccc(-c2ccc(CN(C)C(=O)c3cn(C)c4ccccc34)cc2)cc1Br. The molecular weight excluding hydrogens is 440 g/mol.